The zero-order valence-electron chi connectivity index (χ0n) is 32.8. The zero-order valence-corrected chi connectivity index (χ0v) is 32.8. The molecule has 0 saturated heterocycles. The molecule has 57 heavy (non-hydrogen) atoms. The van der Waals surface area contributed by atoms with Gasteiger partial charge < -0.3 is 13.7 Å². The third kappa shape index (κ3) is 4.48. The molecule has 274 valence electrons. The van der Waals surface area contributed by atoms with Crippen molar-refractivity contribution in [3.8, 4) is 17.1 Å². The molecule has 0 bridgehead atoms. The average molecular weight is 734 g/mol. The Kier molecular flexibility index (Phi) is 6.58. The monoisotopic (exact) mass is 733 g/mol. The maximum atomic E-state index is 2.59. The van der Waals surface area contributed by atoms with Crippen LogP contribution in [0.4, 0.5) is 0 Å². The number of nitrogens with zero attached hydrogens (tertiary/aromatic N) is 3. The average Bonchev–Trinajstić information content (AvgIpc) is 3.87. The fourth-order valence-electron chi connectivity index (χ4n) is 10.6. The Morgan fingerprint density at radius 1 is 0.368 bits per heavy atom. The molecule has 0 aliphatic heterocycles. The van der Waals surface area contributed by atoms with Crippen LogP contribution in [0.2, 0.25) is 0 Å². The summed E-state index contributed by atoms with van der Waals surface area (Å²) in [7, 11) is 0. The van der Waals surface area contributed by atoms with E-state index in [1.54, 1.807) is 0 Å². The Balaban J connectivity index is 1.25. The Bertz CT molecular complexity index is 3440. The summed E-state index contributed by atoms with van der Waals surface area (Å²) in [6.45, 7) is 9.79. The van der Waals surface area contributed by atoms with Crippen LogP contribution in [-0.4, -0.2) is 13.7 Å². The van der Waals surface area contributed by atoms with Gasteiger partial charge in [0.15, 0.2) is 0 Å². The molecule has 1 aliphatic rings. The number of rotatable bonds is 3. The van der Waals surface area contributed by atoms with Crippen molar-refractivity contribution >= 4 is 76.2 Å². The fourth-order valence-corrected chi connectivity index (χ4v) is 10.6. The first kappa shape index (κ1) is 32.6. The third-order valence-corrected chi connectivity index (χ3v) is 13.4. The molecule has 11 aromatic rings. The highest BCUT2D eigenvalue weighted by Gasteiger charge is 2.39. The van der Waals surface area contributed by atoms with E-state index in [1.165, 1.54) is 105 Å². The molecule has 1 aliphatic carbocycles. The van der Waals surface area contributed by atoms with Crippen molar-refractivity contribution in [2.45, 2.75) is 51.4 Å². The van der Waals surface area contributed by atoms with Crippen molar-refractivity contribution in [2.75, 3.05) is 0 Å². The second kappa shape index (κ2) is 11.5. The van der Waals surface area contributed by atoms with Crippen LogP contribution < -0.4 is 0 Å². The lowest BCUT2D eigenvalue weighted by molar-refractivity contribution is 0.334. The van der Waals surface area contributed by atoms with Crippen molar-refractivity contribution in [3.05, 3.63) is 175 Å². The molecule has 3 heteroatoms. The standard InChI is InChI=1S/C54H43N3/c1-53(2)29-30-54(3,4)51-44(53)26-25-40-42-32-43-49(33-48(42)57(52(40)51)36-18-9-6-10-19-36)56(47-27-23-34-15-11-12-20-38(34)50(43)47)37-24-28-46-41(31-37)39-21-13-14-22-45(39)55(46)35-16-7-5-8-17-35/h5-28,31-33H,29-30H2,1-4H3. The van der Waals surface area contributed by atoms with Gasteiger partial charge in [0, 0.05) is 49.4 Å². The van der Waals surface area contributed by atoms with Crippen LogP contribution in [0.3, 0.4) is 0 Å². The number of benzene rings is 8. The van der Waals surface area contributed by atoms with Gasteiger partial charge in [-0.3, -0.25) is 0 Å². The zero-order chi connectivity index (χ0) is 38.2. The molecule has 3 aromatic heterocycles. The molecule has 8 aromatic carbocycles. The van der Waals surface area contributed by atoms with Crippen LogP contribution in [0.25, 0.3) is 93.3 Å². The van der Waals surface area contributed by atoms with Gasteiger partial charge in [-0.2, -0.15) is 0 Å². The van der Waals surface area contributed by atoms with Crippen molar-refractivity contribution < 1.29 is 0 Å². The largest absolute Gasteiger partial charge is 0.309 e. The van der Waals surface area contributed by atoms with Crippen molar-refractivity contribution in [1.82, 2.24) is 13.7 Å². The van der Waals surface area contributed by atoms with Crippen LogP contribution in [0.15, 0.2) is 164 Å². The minimum Gasteiger partial charge on any atom is -0.309 e. The molecule has 0 saturated carbocycles. The SMILES string of the molecule is CC1(C)CCC(C)(C)c2c1ccc1c3cc4c5c6ccccc6ccc5n(-c5ccc6c(c5)c5ccccc5n6-c5ccccc5)c4cc3n(-c3ccccc3)c21. The lowest BCUT2D eigenvalue weighted by Gasteiger charge is -2.42. The quantitative estimate of drug-likeness (QED) is 0.172. The highest BCUT2D eigenvalue weighted by molar-refractivity contribution is 6.26. The number of fused-ring (bicyclic) bond motifs is 13. The van der Waals surface area contributed by atoms with Crippen LogP contribution in [0.5, 0.6) is 0 Å². The molecule has 0 spiro atoms. The van der Waals surface area contributed by atoms with Crippen molar-refractivity contribution in [1.29, 1.82) is 0 Å². The normalized spacial score (nSPS) is 15.2. The second-order valence-electron chi connectivity index (χ2n) is 17.6. The maximum absolute atomic E-state index is 2.59. The Morgan fingerprint density at radius 2 is 0.965 bits per heavy atom. The van der Waals surface area contributed by atoms with Gasteiger partial charge in [0.2, 0.25) is 0 Å². The molecular weight excluding hydrogens is 691 g/mol. The number of aromatic nitrogens is 3. The van der Waals surface area contributed by atoms with Gasteiger partial charge in [-0.1, -0.05) is 125 Å². The highest BCUT2D eigenvalue weighted by Crippen LogP contribution is 2.51. The fraction of sp³-hybridized carbons (Fsp3) is 0.148. The minimum absolute atomic E-state index is 0.0389. The van der Waals surface area contributed by atoms with Gasteiger partial charge >= 0.3 is 0 Å². The van der Waals surface area contributed by atoms with Gasteiger partial charge in [-0.25, -0.2) is 0 Å². The lowest BCUT2D eigenvalue weighted by atomic mass is 9.62. The molecule has 0 N–H and O–H groups in total. The molecule has 0 amide bonds. The van der Waals surface area contributed by atoms with E-state index >= 15 is 0 Å². The summed E-state index contributed by atoms with van der Waals surface area (Å²) in [5.74, 6) is 0. The molecule has 0 radical (unpaired) electrons. The molecule has 3 heterocycles. The first-order valence-electron chi connectivity index (χ1n) is 20.4. The summed E-state index contributed by atoms with van der Waals surface area (Å²) in [6.07, 6.45) is 2.35. The van der Waals surface area contributed by atoms with E-state index in [2.05, 4.69) is 205 Å². The summed E-state index contributed by atoms with van der Waals surface area (Å²) in [4.78, 5) is 0. The van der Waals surface area contributed by atoms with Gasteiger partial charge in [0.05, 0.1) is 33.1 Å². The lowest BCUT2D eigenvalue weighted by Crippen LogP contribution is -2.34. The summed E-state index contributed by atoms with van der Waals surface area (Å²) < 4.78 is 7.52. The van der Waals surface area contributed by atoms with Crippen molar-refractivity contribution in [3.63, 3.8) is 0 Å². The van der Waals surface area contributed by atoms with Crippen LogP contribution in [0.1, 0.15) is 51.7 Å². The first-order valence-corrected chi connectivity index (χ1v) is 20.4. The number of hydrogen-bond acceptors (Lipinski definition) is 0. The number of hydrogen-bond donors (Lipinski definition) is 0. The van der Waals surface area contributed by atoms with Gasteiger partial charge in [0.1, 0.15) is 0 Å². The molecule has 0 atom stereocenters. The highest BCUT2D eigenvalue weighted by atomic mass is 15.0. The number of para-hydroxylation sites is 3. The summed E-state index contributed by atoms with van der Waals surface area (Å²) in [6, 6.07) is 61.1. The van der Waals surface area contributed by atoms with E-state index in [1.807, 2.05) is 0 Å². The van der Waals surface area contributed by atoms with E-state index in [-0.39, 0.29) is 10.8 Å². The second-order valence-corrected chi connectivity index (χ2v) is 17.6. The van der Waals surface area contributed by atoms with E-state index in [0.29, 0.717) is 0 Å². The summed E-state index contributed by atoms with van der Waals surface area (Å²) in [5.41, 5.74) is 14.1. The van der Waals surface area contributed by atoms with Gasteiger partial charge in [-0.05, 0) is 112 Å². The van der Waals surface area contributed by atoms with E-state index < -0.39 is 0 Å². The third-order valence-electron chi connectivity index (χ3n) is 13.4. The molecule has 0 unspecified atom stereocenters. The van der Waals surface area contributed by atoms with Crippen LogP contribution >= 0.6 is 0 Å². The maximum Gasteiger partial charge on any atom is 0.0581 e. The molecule has 0 fully saturated rings. The van der Waals surface area contributed by atoms with Gasteiger partial charge in [-0.15, -0.1) is 0 Å². The van der Waals surface area contributed by atoms with Crippen LogP contribution in [-0.2, 0) is 10.8 Å². The van der Waals surface area contributed by atoms with Crippen molar-refractivity contribution in [2.24, 2.45) is 0 Å². The summed E-state index contributed by atoms with van der Waals surface area (Å²) in [5, 5.41) is 10.3. The smallest absolute Gasteiger partial charge is 0.0581 e. The van der Waals surface area contributed by atoms with E-state index in [4.69, 9.17) is 0 Å². The van der Waals surface area contributed by atoms with E-state index in [9.17, 15) is 0 Å². The van der Waals surface area contributed by atoms with Crippen LogP contribution in [0, 0.1) is 0 Å². The molecule has 12 rings (SSSR count). The Labute approximate surface area is 332 Å². The predicted molar refractivity (Wildman–Crippen MR) is 242 cm³/mol. The molecule has 3 nitrogen and oxygen atoms in total. The Hall–Kier alpha value is -6.58. The predicted octanol–water partition coefficient (Wildman–Crippen LogP) is 14.5. The molecular formula is C54H43N3. The topological polar surface area (TPSA) is 14.8 Å². The first-order chi connectivity index (χ1) is 27.8. The minimum atomic E-state index is 0.0389. The summed E-state index contributed by atoms with van der Waals surface area (Å²) >= 11 is 0. The Morgan fingerprint density at radius 3 is 1.75 bits per heavy atom. The van der Waals surface area contributed by atoms with E-state index in [0.717, 1.165) is 12.1 Å². The van der Waals surface area contributed by atoms with Gasteiger partial charge in [0.25, 0.3) is 0 Å².